The van der Waals surface area contributed by atoms with E-state index in [0.717, 1.165) is 5.56 Å². The number of ether oxygens (including phenoxy) is 1. The van der Waals surface area contributed by atoms with E-state index >= 15 is 0 Å². The van der Waals surface area contributed by atoms with Gasteiger partial charge >= 0.3 is 6.09 Å². The number of nitrogens with zero attached hydrogens (tertiary/aromatic N) is 1. The first-order valence-corrected chi connectivity index (χ1v) is 9.93. The normalized spacial score (nSPS) is 12.0. The monoisotopic (exact) mass is 361 g/mol. The van der Waals surface area contributed by atoms with Gasteiger partial charge < -0.3 is 9.64 Å². The number of hydrogen-bond donors (Lipinski definition) is 0. The highest BCUT2D eigenvalue weighted by Gasteiger charge is 2.22. The molecule has 0 aliphatic rings. The van der Waals surface area contributed by atoms with Gasteiger partial charge in [-0.3, -0.25) is 0 Å². The van der Waals surface area contributed by atoms with Crippen molar-refractivity contribution in [2.45, 2.75) is 33.8 Å². The molecule has 0 aliphatic heterocycles. The summed E-state index contributed by atoms with van der Waals surface area (Å²) in [5, 5.41) is 0. The van der Waals surface area contributed by atoms with Gasteiger partial charge in [0, 0.05) is 23.8 Å². The lowest BCUT2D eigenvalue weighted by atomic mass is 9.96. The molecule has 0 saturated heterocycles. The lowest BCUT2D eigenvalue weighted by molar-refractivity contribution is 0.0836. The maximum absolute atomic E-state index is 12.3. The van der Waals surface area contributed by atoms with Crippen LogP contribution < -0.4 is 0 Å². The standard InChI is InChI=1S/C16H24ClNO4S/c1-16(2,3)13-18(10-7-11-23(17,20)21)15(19)22-12-14-8-5-4-6-9-14/h4-6,8-9H,7,10-13H2,1-3H3. The van der Waals surface area contributed by atoms with Gasteiger partial charge in [0.2, 0.25) is 9.05 Å². The molecule has 0 unspecified atom stereocenters. The average Bonchev–Trinajstić information content (AvgIpc) is 2.42. The number of benzene rings is 1. The summed E-state index contributed by atoms with van der Waals surface area (Å²) in [6.07, 6.45) is -0.168. The van der Waals surface area contributed by atoms with Crippen molar-refractivity contribution in [3.63, 3.8) is 0 Å². The van der Waals surface area contributed by atoms with Crippen molar-refractivity contribution in [1.82, 2.24) is 4.90 Å². The fourth-order valence-electron chi connectivity index (χ4n) is 2.05. The zero-order chi connectivity index (χ0) is 17.5. The number of carbonyl (C=O) groups excluding carboxylic acids is 1. The Kier molecular flexibility index (Phi) is 7.35. The van der Waals surface area contributed by atoms with Crippen LogP contribution in [0.25, 0.3) is 0 Å². The van der Waals surface area contributed by atoms with Crippen molar-refractivity contribution in [2.24, 2.45) is 5.41 Å². The zero-order valence-corrected chi connectivity index (χ0v) is 15.4. The molecular formula is C16H24ClNO4S. The third-order valence-corrected chi connectivity index (χ3v) is 4.18. The summed E-state index contributed by atoms with van der Waals surface area (Å²) in [6.45, 7) is 6.96. The Balaban J connectivity index is 2.60. The quantitative estimate of drug-likeness (QED) is 0.695. The molecule has 1 amide bonds. The van der Waals surface area contributed by atoms with Crippen LogP contribution in [-0.4, -0.2) is 38.3 Å². The van der Waals surface area contributed by atoms with E-state index in [4.69, 9.17) is 15.4 Å². The third kappa shape index (κ3) is 9.46. The molecule has 0 saturated carbocycles. The van der Waals surface area contributed by atoms with Gasteiger partial charge in [0.05, 0.1) is 5.75 Å². The fourth-order valence-corrected chi connectivity index (χ4v) is 2.85. The van der Waals surface area contributed by atoms with Crippen LogP contribution in [0, 0.1) is 5.41 Å². The summed E-state index contributed by atoms with van der Waals surface area (Å²) >= 11 is 0. The SMILES string of the molecule is CC(C)(C)CN(CCCS(=O)(=O)Cl)C(=O)OCc1ccccc1. The molecule has 7 heteroatoms. The van der Waals surface area contributed by atoms with Crippen molar-refractivity contribution in [3.05, 3.63) is 35.9 Å². The van der Waals surface area contributed by atoms with Crippen molar-refractivity contribution in [2.75, 3.05) is 18.8 Å². The molecule has 0 radical (unpaired) electrons. The summed E-state index contributed by atoms with van der Waals surface area (Å²) in [5.74, 6) is -0.166. The van der Waals surface area contributed by atoms with E-state index in [9.17, 15) is 13.2 Å². The predicted octanol–water partition coefficient (Wildman–Crippen LogP) is 3.63. The van der Waals surface area contributed by atoms with Gasteiger partial charge in [-0.15, -0.1) is 0 Å². The summed E-state index contributed by atoms with van der Waals surface area (Å²) in [5.41, 5.74) is 0.783. The van der Waals surface area contributed by atoms with Crippen LogP contribution in [0.4, 0.5) is 4.79 Å². The second-order valence-corrected chi connectivity index (χ2v) is 9.52. The van der Waals surface area contributed by atoms with Gasteiger partial charge in [-0.2, -0.15) is 0 Å². The molecule has 1 aromatic carbocycles. The molecular weight excluding hydrogens is 338 g/mol. The van der Waals surface area contributed by atoms with Crippen LogP contribution in [0.5, 0.6) is 0 Å². The molecule has 0 heterocycles. The van der Waals surface area contributed by atoms with Crippen LogP contribution in [0.15, 0.2) is 30.3 Å². The largest absolute Gasteiger partial charge is 0.445 e. The molecule has 5 nitrogen and oxygen atoms in total. The molecule has 0 atom stereocenters. The minimum Gasteiger partial charge on any atom is -0.445 e. The minimum absolute atomic E-state index is 0.119. The smallest absolute Gasteiger partial charge is 0.410 e. The van der Waals surface area contributed by atoms with E-state index in [0.29, 0.717) is 6.54 Å². The Morgan fingerprint density at radius 3 is 2.35 bits per heavy atom. The maximum atomic E-state index is 12.3. The molecule has 0 fully saturated rings. The first-order valence-electron chi connectivity index (χ1n) is 7.45. The van der Waals surface area contributed by atoms with Gasteiger partial charge in [-0.25, -0.2) is 13.2 Å². The van der Waals surface area contributed by atoms with Gasteiger partial charge in [0.25, 0.3) is 0 Å². The van der Waals surface area contributed by atoms with Crippen LogP contribution in [0.2, 0.25) is 0 Å². The topological polar surface area (TPSA) is 63.7 Å². The molecule has 0 spiro atoms. The Bertz CT molecular complexity index is 596. The molecule has 0 N–H and O–H groups in total. The summed E-state index contributed by atoms with van der Waals surface area (Å²) in [6, 6.07) is 9.40. The van der Waals surface area contributed by atoms with Gasteiger partial charge in [0.1, 0.15) is 6.61 Å². The molecule has 1 aromatic rings. The van der Waals surface area contributed by atoms with Crippen LogP contribution in [0.3, 0.4) is 0 Å². The first-order chi connectivity index (χ1) is 10.6. The molecule has 130 valence electrons. The van der Waals surface area contributed by atoms with Gasteiger partial charge in [0.15, 0.2) is 0 Å². The highest BCUT2D eigenvalue weighted by atomic mass is 35.7. The lowest BCUT2D eigenvalue weighted by Crippen LogP contribution is -2.39. The summed E-state index contributed by atoms with van der Waals surface area (Å²) < 4.78 is 27.3. The van der Waals surface area contributed by atoms with Gasteiger partial charge in [-0.05, 0) is 17.4 Å². The van der Waals surface area contributed by atoms with Crippen LogP contribution in [0.1, 0.15) is 32.8 Å². The fraction of sp³-hybridized carbons (Fsp3) is 0.562. The number of amides is 1. The number of halogens is 1. The highest BCUT2D eigenvalue weighted by Crippen LogP contribution is 2.17. The molecule has 0 bridgehead atoms. The van der Waals surface area contributed by atoms with Crippen molar-refractivity contribution < 1.29 is 17.9 Å². The van der Waals surface area contributed by atoms with Crippen LogP contribution >= 0.6 is 10.7 Å². The average molecular weight is 362 g/mol. The highest BCUT2D eigenvalue weighted by molar-refractivity contribution is 8.13. The second-order valence-electron chi connectivity index (χ2n) is 6.62. The van der Waals surface area contributed by atoms with E-state index in [1.807, 2.05) is 51.1 Å². The Labute approximate surface area is 143 Å². The molecule has 1 rings (SSSR count). The number of carbonyl (C=O) groups is 1. The Morgan fingerprint density at radius 2 is 1.83 bits per heavy atom. The third-order valence-electron chi connectivity index (χ3n) is 2.94. The number of rotatable bonds is 7. The van der Waals surface area contributed by atoms with E-state index in [1.54, 1.807) is 0 Å². The van der Waals surface area contributed by atoms with E-state index in [1.165, 1.54) is 4.90 Å². The Hall–Kier alpha value is -1.27. The molecule has 23 heavy (non-hydrogen) atoms. The Morgan fingerprint density at radius 1 is 1.22 bits per heavy atom. The van der Waals surface area contributed by atoms with E-state index < -0.39 is 15.1 Å². The van der Waals surface area contributed by atoms with E-state index in [2.05, 4.69) is 0 Å². The first kappa shape index (κ1) is 19.8. The van der Waals surface area contributed by atoms with Gasteiger partial charge in [-0.1, -0.05) is 51.1 Å². The molecule has 0 aromatic heterocycles. The predicted molar refractivity (Wildman–Crippen MR) is 91.9 cm³/mol. The minimum atomic E-state index is -3.55. The maximum Gasteiger partial charge on any atom is 0.410 e. The number of hydrogen-bond acceptors (Lipinski definition) is 4. The molecule has 0 aliphatic carbocycles. The second kappa shape index (κ2) is 8.55. The lowest BCUT2D eigenvalue weighted by Gasteiger charge is -2.29. The van der Waals surface area contributed by atoms with Crippen molar-refractivity contribution >= 4 is 25.8 Å². The van der Waals surface area contributed by atoms with Crippen molar-refractivity contribution in [3.8, 4) is 0 Å². The van der Waals surface area contributed by atoms with Crippen molar-refractivity contribution in [1.29, 1.82) is 0 Å². The summed E-state index contributed by atoms with van der Waals surface area (Å²) in [7, 11) is 1.66. The zero-order valence-electron chi connectivity index (χ0n) is 13.8. The summed E-state index contributed by atoms with van der Waals surface area (Å²) in [4.78, 5) is 13.8. The van der Waals surface area contributed by atoms with Crippen LogP contribution in [-0.2, 0) is 20.4 Å². The van der Waals surface area contributed by atoms with E-state index in [-0.39, 0.29) is 30.7 Å².